The molecule has 23 heavy (non-hydrogen) atoms. The molecule has 0 N–H and O–H groups in total. The summed E-state index contributed by atoms with van der Waals surface area (Å²) >= 11 is 3.41. The first kappa shape index (κ1) is 16.6. The molecule has 0 amide bonds. The molecule has 0 aromatic carbocycles. The molecule has 0 bridgehead atoms. The number of rotatable bonds is 5. The van der Waals surface area contributed by atoms with Crippen molar-refractivity contribution in [1.82, 2.24) is 9.88 Å². The lowest BCUT2D eigenvalue weighted by atomic mass is 10.0. The fourth-order valence-electron chi connectivity index (χ4n) is 2.92. The van der Waals surface area contributed by atoms with Gasteiger partial charge < -0.3 is 4.74 Å². The largest absolute Gasteiger partial charge is 0.463 e. The average Bonchev–Trinajstić information content (AvgIpc) is 3.10. The first-order valence-corrected chi connectivity index (χ1v) is 9.72. The van der Waals surface area contributed by atoms with E-state index in [1.165, 1.54) is 10.4 Å². The lowest BCUT2D eigenvalue weighted by Crippen LogP contribution is -2.32. The second-order valence-corrected chi connectivity index (χ2v) is 8.09. The van der Waals surface area contributed by atoms with Gasteiger partial charge in [0.2, 0.25) is 0 Å². The molecule has 124 valence electrons. The highest BCUT2D eigenvalue weighted by Gasteiger charge is 2.25. The van der Waals surface area contributed by atoms with E-state index in [-0.39, 0.29) is 18.5 Å². The maximum Gasteiger partial charge on any atom is 0.312 e. The Kier molecular flexibility index (Phi) is 5.14. The zero-order chi connectivity index (χ0) is 16.4. The van der Waals surface area contributed by atoms with E-state index in [1.54, 1.807) is 11.3 Å². The van der Waals surface area contributed by atoms with E-state index in [9.17, 15) is 4.79 Å². The summed E-state index contributed by atoms with van der Waals surface area (Å²) in [4.78, 5) is 20.3. The van der Waals surface area contributed by atoms with Gasteiger partial charge in [0.25, 0.3) is 0 Å². The van der Waals surface area contributed by atoms with Gasteiger partial charge in [0.15, 0.2) is 0 Å². The average molecular weight is 351 g/mol. The van der Waals surface area contributed by atoms with Crippen molar-refractivity contribution in [2.45, 2.75) is 52.3 Å². The third-order valence-electron chi connectivity index (χ3n) is 4.03. The van der Waals surface area contributed by atoms with Crippen molar-refractivity contribution in [2.24, 2.45) is 0 Å². The van der Waals surface area contributed by atoms with Crippen LogP contribution in [0.25, 0.3) is 0 Å². The highest BCUT2D eigenvalue weighted by molar-refractivity contribution is 7.10. The van der Waals surface area contributed by atoms with Crippen LogP contribution >= 0.6 is 22.7 Å². The van der Waals surface area contributed by atoms with Crippen molar-refractivity contribution in [2.75, 3.05) is 6.54 Å². The summed E-state index contributed by atoms with van der Waals surface area (Å²) in [7, 11) is 0. The van der Waals surface area contributed by atoms with E-state index < -0.39 is 0 Å². The number of fused-ring (bicyclic) bond motifs is 1. The number of hydrogen-bond acceptors (Lipinski definition) is 6. The quantitative estimate of drug-likeness (QED) is 0.769. The van der Waals surface area contributed by atoms with Crippen LogP contribution in [0, 0.1) is 0 Å². The normalized spacial score (nSPS) is 18.2. The molecule has 0 saturated heterocycles. The molecular formula is C17H22N2O2S2. The second-order valence-electron chi connectivity index (χ2n) is 6.14. The minimum atomic E-state index is -0.199. The molecule has 6 heteroatoms. The van der Waals surface area contributed by atoms with E-state index in [0.29, 0.717) is 6.04 Å². The van der Waals surface area contributed by atoms with Crippen molar-refractivity contribution in [3.63, 3.8) is 0 Å². The van der Waals surface area contributed by atoms with Crippen LogP contribution in [-0.4, -0.2) is 28.5 Å². The first-order chi connectivity index (χ1) is 11.0. The van der Waals surface area contributed by atoms with Gasteiger partial charge >= 0.3 is 5.97 Å². The summed E-state index contributed by atoms with van der Waals surface area (Å²) in [5, 5.41) is 5.09. The van der Waals surface area contributed by atoms with Gasteiger partial charge in [-0.1, -0.05) is 0 Å². The second kappa shape index (κ2) is 7.11. The Morgan fingerprint density at radius 1 is 1.48 bits per heavy atom. The fourth-order valence-corrected chi connectivity index (χ4v) is 4.65. The molecule has 0 aliphatic carbocycles. The van der Waals surface area contributed by atoms with Crippen molar-refractivity contribution >= 4 is 28.6 Å². The molecule has 3 heterocycles. The number of esters is 1. The van der Waals surface area contributed by atoms with E-state index >= 15 is 0 Å². The van der Waals surface area contributed by atoms with Crippen LogP contribution in [-0.2, 0) is 28.9 Å². The SMILES string of the molecule is CC(C)OC(=O)Cc1nc(CN2CCc3sccc3[C@@H]2C)cs1. The number of aromatic nitrogens is 1. The molecule has 0 fully saturated rings. The van der Waals surface area contributed by atoms with Gasteiger partial charge in [-0.3, -0.25) is 9.69 Å². The predicted molar refractivity (Wildman–Crippen MR) is 93.9 cm³/mol. The van der Waals surface area contributed by atoms with Crippen LogP contribution in [0.2, 0.25) is 0 Å². The number of thiazole rings is 1. The van der Waals surface area contributed by atoms with Crippen molar-refractivity contribution in [3.05, 3.63) is 38.0 Å². The third kappa shape index (κ3) is 4.00. The molecule has 3 rings (SSSR count). The van der Waals surface area contributed by atoms with E-state index in [0.717, 1.165) is 30.2 Å². The van der Waals surface area contributed by atoms with Gasteiger partial charge in [-0.15, -0.1) is 22.7 Å². The van der Waals surface area contributed by atoms with Crippen LogP contribution in [0.4, 0.5) is 0 Å². The summed E-state index contributed by atoms with van der Waals surface area (Å²) in [6.07, 6.45) is 1.32. The molecule has 2 aromatic rings. The molecule has 0 radical (unpaired) electrons. The van der Waals surface area contributed by atoms with Gasteiger partial charge in [0, 0.05) is 29.4 Å². The van der Waals surface area contributed by atoms with Crippen molar-refractivity contribution in [3.8, 4) is 0 Å². The zero-order valence-electron chi connectivity index (χ0n) is 13.7. The number of nitrogens with zero attached hydrogens (tertiary/aromatic N) is 2. The Labute approximate surface area is 145 Å². The Morgan fingerprint density at radius 3 is 3.09 bits per heavy atom. The molecule has 1 atom stereocenters. The lowest BCUT2D eigenvalue weighted by Gasteiger charge is -2.32. The third-order valence-corrected chi connectivity index (χ3v) is 5.93. The molecule has 0 unspecified atom stereocenters. The Hall–Kier alpha value is -1.24. The van der Waals surface area contributed by atoms with Crippen molar-refractivity contribution in [1.29, 1.82) is 0 Å². The standard InChI is InChI=1S/C17H22N2O2S2/c1-11(2)21-17(20)8-16-18-13(10-23-16)9-19-6-4-15-14(12(19)3)5-7-22-15/h5,7,10-12H,4,6,8-9H2,1-3H3/t12-/m0/s1. The van der Waals surface area contributed by atoms with Crippen molar-refractivity contribution < 1.29 is 9.53 Å². The van der Waals surface area contributed by atoms with E-state index in [4.69, 9.17) is 4.74 Å². The van der Waals surface area contributed by atoms with Gasteiger partial charge in [-0.25, -0.2) is 4.98 Å². The molecular weight excluding hydrogens is 328 g/mol. The first-order valence-electron chi connectivity index (χ1n) is 7.96. The molecule has 0 spiro atoms. The molecule has 4 nitrogen and oxygen atoms in total. The monoisotopic (exact) mass is 350 g/mol. The minimum Gasteiger partial charge on any atom is -0.463 e. The number of carbonyl (C=O) groups excluding carboxylic acids is 1. The van der Waals surface area contributed by atoms with E-state index in [2.05, 4.69) is 33.6 Å². The number of carbonyl (C=O) groups is 1. The fraction of sp³-hybridized carbons (Fsp3) is 0.529. The predicted octanol–water partition coefficient (Wildman–Crippen LogP) is 3.82. The van der Waals surface area contributed by atoms with Gasteiger partial charge in [-0.2, -0.15) is 0 Å². The summed E-state index contributed by atoms with van der Waals surface area (Å²) in [5.74, 6) is -0.199. The molecule has 1 aliphatic heterocycles. The number of thiophene rings is 1. The summed E-state index contributed by atoms with van der Waals surface area (Å²) in [6, 6.07) is 2.67. The van der Waals surface area contributed by atoms with Gasteiger partial charge in [0.05, 0.1) is 18.2 Å². The molecule has 2 aromatic heterocycles. The number of ether oxygens (including phenoxy) is 1. The lowest BCUT2D eigenvalue weighted by molar-refractivity contribution is -0.146. The zero-order valence-corrected chi connectivity index (χ0v) is 15.4. The molecule has 1 aliphatic rings. The Balaban J connectivity index is 1.60. The maximum absolute atomic E-state index is 11.7. The van der Waals surface area contributed by atoms with E-state index in [1.807, 2.05) is 25.2 Å². The molecule has 0 saturated carbocycles. The highest BCUT2D eigenvalue weighted by atomic mass is 32.1. The van der Waals surface area contributed by atoms with Crippen LogP contribution in [0.15, 0.2) is 16.8 Å². The minimum absolute atomic E-state index is 0.0732. The number of hydrogen-bond donors (Lipinski definition) is 0. The Bertz CT molecular complexity index is 678. The van der Waals surface area contributed by atoms with Gasteiger partial charge in [-0.05, 0) is 44.2 Å². The Morgan fingerprint density at radius 2 is 2.30 bits per heavy atom. The van der Waals surface area contributed by atoms with Crippen LogP contribution in [0.5, 0.6) is 0 Å². The van der Waals surface area contributed by atoms with Crippen LogP contribution < -0.4 is 0 Å². The summed E-state index contributed by atoms with van der Waals surface area (Å²) in [5.41, 5.74) is 2.50. The maximum atomic E-state index is 11.7. The topological polar surface area (TPSA) is 42.4 Å². The summed E-state index contributed by atoms with van der Waals surface area (Å²) in [6.45, 7) is 7.89. The van der Waals surface area contributed by atoms with Crippen LogP contribution in [0.3, 0.4) is 0 Å². The smallest absolute Gasteiger partial charge is 0.312 e. The van der Waals surface area contributed by atoms with Gasteiger partial charge in [0.1, 0.15) is 5.01 Å². The van der Waals surface area contributed by atoms with Crippen LogP contribution in [0.1, 0.15) is 48.0 Å². The highest BCUT2D eigenvalue weighted by Crippen LogP contribution is 2.33. The summed E-state index contributed by atoms with van der Waals surface area (Å²) < 4.78 is 5.18.